The minimum atomic E-state index is -0.240. The van der Waals surface area contributed by atoms with Crippen LogP contribution in [0.15, 0.2) is 36.5 Å². The van der Waals surface area contributed by atoms with Crippen LogP contribution in [-0.4, -0.2) is 40.1 Å². The van der Waals surface area contributed by atoms with Crippen LogP contribution in [0.2, 0.25) is 0 Å². The molecule has 28 heavy (non-hydrogen) atoms. The molecule has 0 spiro atoms. The standard InChI is InChI=1S/C22H24FN3O2/c1-15-16(2)26(14-17-5-7-18(23)8-6-17)21-19(15)9-10-24-22(21)28-13-12-25-11-3-4-20(25)27/h5-10H,3-4,11-14H2,1-2H3. The second-order valence-electron chi connectivity index (χ2n) is 7.27. The lowest BCUT2D eigenvalue weighted by Crippen LogP contribution is -2.29. The number of halogens is 1. The van der Waals surface area contributed by atoms with E-state index in [1.807, 2.05) is 11.0 Å². The lowest BCUT2D eigenvalue weighted by Gasteiger charge is -2.16. The zero-order valence-electron chi connectivity index (χ0n) is 16.2. The van der Waals surface area contributed by atoms with E-state index in [2.05, 4.69) is 23.4 Å². The molecular weight excluding hydrogens is 357 g/mol. The minimum absolute atomic E-state index is 0.196. The van der Waals surface area contributed by atoms with E-state index in [1.165, 1.54) is 17.7 Å². The predicted octanol–water partition coefficient (Wildman–Crippen LogP) is 3.84. The number of nitrogens with zero attached hydrogens (tertiary/aromatic N) is 3. The van der Waals surface area contributed by atoms with Gasteiger partial charge in [-0.15, -0.1) is 0 Å². The highest BCUT2D eigenvalue weighted by Gasteiger charge is 2.21. The Kier molecular flexibility index (Phi) is 5.03. The summed E-state index contributed by atoms with van der Waals surface area (Å²) >= 11 is 0. The van der Waals surface area contributed by atoms with Gasteiger partial charge in [0.2, 0.25) is 11.8 Å². The molecule has 4 rings (SSSR count). The molecule has 6 heteroatoms. The van der Waals surface area contributed by atoms with Gasteiger partial charge in [0.15, 0.2) is 0 Å². The van der Waals surface area contributed by atoms with Crippen molar-refractivity contribution in [1.82, 2.24) is 14.5 Å². The lowest BCUT2D eigenvalue weighted by atomic mass is 10.2. The number of aromatic nitrogens is 2. The molecule has 0 radical (unpaired) electrons. The van der Waals surface area contributed by atoms with E-state index in [0.29, 0.717) is 32.0 Å². The predicted molar refractivity (Wildman–Crippen MR) is 106 cm³/mol. The molecule has 1 fully saturated rings. The van der Waals surface area contributed by atoms with Crippen molar-refractivity contribution in [3.63, 3.8) is 0 Å². The van der Waals surface area contributed by atoms with Crippen molar-refractivity contribution in [3.05, 3.63) is 59.2 Å². The van der Waals surface area contributed by atoms with Crippen LogP contribution in [0, 0.1) is 19.7 Å². The van der Waals surface area contributed by atoms with Gasteiger partial charge in [0, 0.05) is 36.8 Å². The summed E-state index contributed by atoms with van der Waals surface area (Å²) in [7, 11) is 0. The average Bonchev–Trinajstić information content (AvgIpc) is 3.21. The SMILES string of the molecule is Cc1c(C)n(Cc2ccc(F)cc2)c2c(OCCN3CCCC3=O)nccc12. The molecule has 3 heterocycles. The number of pyridine rings is 1. The molecule has 146 valence electrons. The van der Waals surface area contributed by atoms with Gasteiger partial charge in [-0.3, -0.25) is 4.79 Å². The van der Waals surface area contributed by atoms with Crippen LogP contribution < -0.4 is 4.74 Å². The van der Waals surface area contributed by atoms with E-state index in [4.69, 9.17) is 4.74 Å². The number of ether oxygens (including phenoxy) is 1. The van der Waals surface area contributed by atoms with E-state index in [9.17, 15) is 9.18 Å². The van der Waals surface area contributed by atoms with Crippen LogP contribution >= 0.6 is 0 Å². The smallest absolute Gasteiger partial charge is 0.238 e. The third-order valence-corrected chi connectivity index (χ3v) is 5.54. The Morgan fingerprint density at radius 1 is 1.18 bits per heavy atom. The van der Waals surface area contributed by atoms with Crippen molar-refractivity contribution in [2.24, 2.45) is 0 Å². The van der Waals surface area contributed by atoms with E-state index in [0.717, 1.165) is 35.1 Å². The molecule has 0 N–H and O–H groups in total. The molecule has 0 bridgehead atoms. The summed E-state index contributed by atoms with van der Waals surface area (Å²) in [6, 6.07) is 8.55. The number of fused-ring (bicyclic) bond motifs is 1. The largest absolute Gasteiger partial charge is 0.474 e. The Bertz CT molecular complexity index is 1010. The van der Waals surface area contributed by atoms with Gasteiger partial charge in [-0.2, -0.15) is 0 Å². The first-order valence-corrected chi connectivity index (χ1v) is 9.64. The van der Waals surface area contributed by atoms with Gasteiger partial charge in [0.25, 0.3) is 0 Å². The zero-order chi connectivity index (χ0) is 19.7. The topological polar surface area (TPSA) is 47.4 Å². The highest BCUT2D eigenvalue weighted by molar-refractivity contribution is 5.89. The molecule has 1 amide bonds. The Hall–Kier alpha value is -2.89. The van der Waals surface area contributed by atoms with Gasteiger partial charge in [0.1, 0.15) is 17.9 Å². The van der Waals surface area contributed by atoms with Gasteiger partial charge < -0.3 is 14.2 Å². The van der Waals surface area contributed by atoms with Crippen molar-refractivity contribution < 1.29 is 13.9 Å². The summed E-state index contributed by atoms with van der Waals surface area (Å²) in [5, 5.41) is 1.10. The Morgan fingerprint density at radius 3 is 2.68 bits per heavy atom. The average molecular weight is 381 g/mol. The minimum Gasteiger partial charge on any atom is -0.474 e. The molecule has 0 saturated carbocycles. The van der Waals surface area contributed by atoms with Crippen molar-refractivity contribution >= 4 is 16.8 Å². The van der Waals surface area contributed by atoms with Gasteiger partial charge in [-0.1, -0.05) is 12.1 Å². The molecule has 0 aliphatic carbocycles. The number of carbonyl (C=O) groups is 1. The highest BCUT2D eigenvalue weighted by atomic mass is 19.1. The molecule has 0 atom stereocenters. The van der Waals surface area contributed by atoms with Crippen LogP contribution in [0.3, 0.4) is 0 Å². The third-order valence-electron chi connectivity index (χ3n) is 5.54. The van der Waals surface area contributed by atoms with Crippen molar-refractivity contribution in [2.75, 3.05) is 19.7 Å². The number of carbonyl (C=O) groups excluding carboxylic acids is 1. The molecule has 0 unspecified atom stereocenters. The molecule has 5 nitrogen and oxygen atoms in total. The number of rotatable bonds is 6. The molecule has 2 aromatic heterocycles. The number of benzene rings is 1. The van der Waals surface area contributed by atoms with Crippen LogP contribution in [0.1, 0.15) is 29.7 Å². The van der Waals surface area contributed by atoms with Gasteiger partial charge >= 0.3 is 0 Å². The third kappa shape index (κ3) is 3.46. The van der Waals surface area contributed by atoms with Crippen molar-refractivity contribution in [2.45, 2.75) is 33.2 Å². The normalized spacial score (nSPS) is 14.2. The number of aryl methyl sites for hydroxylation is 1. The quantitative estimate of drug-likeness (QED) is 0.652. The second kappa shape index (κ2) is 7.62. The fourth-order valence-electron chi connectivity index (χ4n) is 3.83. The van der Waals surface area contributed by atoms with E-state index >= 15 is 0 Å². The summed E-state index contributed by atoms with van der Waals surface area (Å²) in [6.07, 6.45) is 3.31. The molecule has 1 aliphatic heterocycles. The van der Waals surface area contributed by atoms with Crippen LogP contribution in [0.5, 0.6) is 5.88 Å². The first-order chi connectivity index (χ1) is 13.5. The van der Waals surface area contributed by atoms with E-state index in [1.54, 1.807) is 18.3 Å². The molecule has 3 aromatic rings. The van der Waals surface area contributed by atoms with Crippen molar-refractivity contribution in [3.8, 4) is 5.88 Å². The van der Waals surface area contributed by atoms with Gasteiger partial charge in [-0.05, 0) is 49.6 Å². The van der Waals surface area contributed by atoms with E-state index in [-0.39, 0.29) is 11.7 Å². The first-order valence-electron chi connectivity index (χ1n) is 9.64. The maximum absolute atomic E-state index is 13.3. The van der Waals surface area contributed by atoms with Crippen LogP contribution in [-0.2, 0) is 11.3 Å². The Balaban J connectivity index is 1.62. The summed E-state index contributed by atoms with van der Waals surface area (Å²) in [5.74, 6) is 0.528. The summed E-state index contributed by atoms with van der Waals surface area (Å²) < 4.78 is 21.4. The zero-order valence-corrected chi connectivity index (χ0v) is 16.2. The number of hydrogen-bond acceptors (Lipinski definition) is 3. The highest BCUT2D eigenvalue weighted by Crippen LogP contribution is 2.31. The maximum atomic E-state index is 13.3. The molecule has 1 aliphatic rings. The summed E-state index contributed by atoms with van der Waals surface area (Å²) in [5.41, 5.74) is 4.26. The van der Waals surface area contributed by atoms with Crippen LogP contribution in [0.4, 0.5) is 4.39 Å². The monoisotopic (exact) mass is 381 g/mol. The Labute approximate surface area is 163 Å². The maximum Gasteiger partial charge on any atom is 0.238 e. The molecule has 1 aromatic carbocycles. The number of hydrogen-bond donors (Lipinski definition) is 0. The fraction of sp³-hybridized carbons (Fsp3) is 0.364. The lowest BCUT2D eigenvalue weighted by molar-refractivity contribution is -0.128. The first kappa shape index (κ1) is 18.5. The van der Waals surface area contributed by atoms with E-state index < -0.39 is 0 Å². The van der Waals surface area contributed by atoms with Crippen molar-refractivity contribution in [1.29, 1.82) is 0 Å². The Morgan fingerprint density at radius 2 is 1.96 bits per heavy atom. The van der Waals surface area contributed by atoms with Crippen LogP contribution in [0.25, 0.3) is 10.9 Å². The number of amides is 1. The number of likely N-dealkylation sites (tertiary alicyclic amines) is 1. The summed E-state index contributed by atoms with van der Waals surface area (Å²) in [4.78, 5) is 18.1. The van der Waals surface area contributed by atoms with Gasteiger partial charge in [0.05, 0.1) is 6.54 Å². The van der Waals surface area contributed by atoms with Gasteiger partial charge in [-0.25, -0.2) is 9.37 Å². The molecular formula is C22H24FN3O2. The summed E-state index contributed by atoms with van der Waals surface area (Å²) in [6.45, 7) is 6.57. The second-order valence-corrected chi connectivity index (χ2v) is 7.27. The molecule has 1 saturated heterocycles. The fourth-order valence-corrected chi connectivity index (χ4v) is 3.83.